The van der Waals surface area contributed by atoms with E-state index in [1.54, 1.807) is 6.92 Å². The average Bonchev–Trinajstić information content (AvgIpc) is 3.26. The van der Waals surface area contributed by atoms with E-state index in [0.717, 1.165) is 32.5 Å². The minimum atomic E-state index is -3.77. The highest BCUT2D eigenvalue weighted by molar-refractivity contribution is 6.35. The molecule has 1 aromatic heterocycles. The molecule has 2 atom stereocenters. The van der Waals surface area contributed by atoms with Gasteiger partial charge in [-0.05, 0) is 44.7 Å². The average molecular weight is 482 g/mol. The minimum absolute atomic E-state index is 0.0389. The van der Waals surface area contributed by atoms with E-state index in [2.05, 4.69) is 33.2 Å². The van der Waals surface area contributed by atoms with Gasteiger partial charge in [0.05, 0.1) is 35.7 Å². The second kappa shape index (κ2) is 7.92. The third-order valence-corrected chi connectivity index (χ3v) is 7.77. The Morgan fingerprint density at radius 2 is 1.91 bits per heavy atom. The SMILES string of the molecule is Cc1nc(N2CCC3(CC2)CO[C@@H](C)[C@H]3C)c(CO)nc1-c1ccc2c(c1Cl)OC(F)(F)O2. The molecule has 0 amide bonds. The molecule has 33 heavy (non-hydrogen) atoms. The standard InChI is InChI=1S/C23H26ClF2N3O4/c1-12-14(3)31-11-22(12)6-8-29(9-7-22)21-16(10-30)28-19(13(2)27-21)15-4-5-17-20(18(15)24)33-23(25,26)32-17/h4-5,12,14,30H,6-11H2,1-3H3/t12-,14+/m1/s1. The lowest BCUT2D eigenvalue weighted by atomic mass is 9.70. The zero-order valence-electron chi connectivity index (χ0n) is 18.7. The normalized spacial score (nSPS) is 25.1. The molecule has 3 aliphatic rings. The molecule has 0 saturated carbocycles. The van der Waals surface area contributed by atoms with Gasteiger partial charge in [-0.1, -0.05) is 18.5 Å². The number of aromatic nitrogens is 2. The first-order chi connectivity index (χ1) is 15.6. The van der Waals surface area contributed by atoms with Gasteiger partial charge in [-0.2, -0.15) is 0 Å². The molecule has 0 bridgehead atoms. The molecule has 0 radical (unpaired) electrons. The van der Waals surface area contributed by atoms with Gasteiger partial charge in [0.2, 0.25) is 0 Å². The van der Waals surface area contributed by atoms with E-state index < -0.39 is 6.29 Å². The molecule has 4 heterocycles. The number of benzene rings is 1. The van der Waals surface area contributed by atoms with Crippen molar-refractivity contribution in [3.8, 4) is 22.8 Å². The number of fused-ring (bicyclic) bond motifs is 1. The van der Waals surface area contributed by atoms with Crippen LogP contribution in [0.5, 0.6) is 11.5 Å². The van der Waals surface area contributed by atoms with Crippen LogP contribution in [-0.4, -0.2) is 47.2 Å². The van der Waals surface area contributed by atoms with Crippen LogP contribution in [-0.2, 0) is 11.3 Å². The van der Waals surface area contributed by atoms with Gasteiger partial charge in [-0.15, -0.1) is 8.78 Å². The predicted octanol–water partition coefficient (Wildman–Crippen LogP) is 4.56. The molecule has 10 heteroatoms. The molecule has 7 nitrogen and oxygen atoms in total. The van der Waals surface area contributed by atoms with Gasteiger partial charge in [0.1, 0.15) is 5.69 Å². The Morgan fingerprint density at radius 3 is 2.55 bits per heavy atom. The molecule has 2 fully saturated rings. The Balaban J connectivity index is 1.44. The largest absolute Gasteiger partial charge is 0.586 e. The molecular weight excluding hydrogens is 456 g/mol. The van der Waals surface area contributed by atoms with E-state index >= 15 is 0 Å². The lowest BCUT2D eigenvalue weighted by Crippen LogP contribution is -2.44. The van der Waals surface area contributed by atoms with Gasteiger partial charge < -0.3 is 24.2 Å². The summed E-state index contributed by atoms with van der Waals surface area (Å²) in [6, 6.07) is 2.90. The molecule has 2 aromatic rings. The van der Waals surface area contributed by atoms with Gasteiger partial charge in [-0.3, -0.25) is 0 Å². The van der Waals surface area contributed by atoms with Crippen molar-refractivity contribution in [2.75, 3.05) is 24.6 Å². The highest BCUT2D eigenvalue weighted by Crippen LogP contribution is 2.50. The molecule has 3 aliphatic heterocycles. The van der Waals surface area contributed by atoms with Gasteiger partial charge >= 0.3 is 6.29 Å². The molecule has 1 spiro atoms. The fraction of sp³-hybridized carbons (Fsp3) is 0.565. The van der Waals surface area contributed by atoms with Crippen molar-refractivity contribution < 1.29 is 28.1 Å². The molecule has 5 rings (SSSR count). The maximum atomic E-state index is 13.5. The zero-order chi connectivity index (χ0) is 23.5. The smallest absolute Gasteiger partial charge is 0.395 e. The van der Waals surface area contributed by atoms with Gasteiger partial charge in [0.15, 0.2) is 17.3 Å². The summed E-state index contributed by atoms with van der Waals surface area (Å²) >= 11 is 6.38. The van der Waals surface area contributed by atoms with Crippen LogP contribution in [0.3, 0.4) is 0 Å². The summed E-state index contributed by atoms with van der Waals surface area (Å²) in [7, 11) is 0. The van der Waals surface area contributed by atoms with Crippen molar-refractivity contribution in [3.63, 3.8) is 0 Å². The van der Waals surface area contributed by atoms with E-state index in [0.29, 0.717) is 34.4 Å². The summed E-state index contributed by atoms with van der Waals surface area (Å²) in [6.07, 6.45) is -1.55. The number of alkyl halides is 2. The van der Waals surface area contributed by atoms with Crippen molar-refractivity contribution in [3.05, 3.63) is 28.5 Å². The first kappa shape index (κ1) is 22.6. The Morgan fingerprint density at radius 1 is 1.18 bits per heavy atom. The Bertz CT molecular complexity index is 1090. The molecule has 178 valence electrons. The second-order valence-corrected chi connectivity index (χ2v) is 9.54. The Hall–Kier alpha value is -2.23. The molecule has 0 aliphatic carbocycles. The third kappa shape index (κ3) is 3.70. The first-order valence-electron chi connectivity index (χ1n) is 11.1. The summed E-state index contributed by atoms with van der Waals surface area (Å²) < 4.78 is 41.9. The number of nitrogens with zero attached hydrogens (tertiary/aromatic N) is 3. The fourth-order valence-electron chi connectivity index (χ4n) is 5.16. The van der Waals surface area contributed by atoms with E-state index in [9.17, 15) is 13.9 Å². The van der Waals surface area contributed by atoms with Gasteiger partial charge in [-0.25, -0.2) is 9.97 Å². The number of hydrogen-bond donors (Lipinski definition) is 1. The van der Waals surface area contributed by atoms with Crippen LogP contribution in [0.1, 0.15) is 38.1 Å². The third-order valence-electron chi connectivity index (χ3n) is 7.40. The lowest BCUT2D eigenvalue weighted by molar-refractivity contribution is -0.286. The highest BCUT2D eigenvalue weighted by Gasteiger charge is 2.47. The number of anilines is 1. The van der Waals surface area contributed by atoms with E-state index in [1.807, 2.05) is 0 Å². The Labute approximate surface area is 195 Å². The maximum Gasteiger partial charge on any atom is 0.586 e. The summed E-state index contributed by atoms with van der Waals surface area (Å²) in [6.45, 7) is 8.22. The summed E-state index contributed by atoms with van der Waals surface area (Å²) in [4.78, 5) is 11.5. The quantitative estimate of drug-likeness (QED) is 0.688. The van der Waals surface area contributed by atoms with E-state index in [-0.39, 0.29) is 34.6 Å². The van der Waals surface area contributed by atoms with Gasteiger partial charge in [0, 0.05) is 24.1 Å². The summed E-state index contributed by atoms with van der Waals surface area (Å²) in [5.74, 6) is 0.753. The molecule has 1 aromatic carbocycles. The van der Waals surface area contributed by atoms with Crippen molar-refractivity contribution in [2.24, 2.45) is 11.3 Å². The van der Waals surface area contributed by atoms with Crippen molar-refractivity contribution in [1.82, 2.24) is 9.97 Å². The van der Waals surface area contributed by atoms with Crippen LogP contribution in [0.15, 0.2) is 12.1 Å². The number of aliphatic hydroxyl groups excluding tert-OH is 1. The summed E-state index contributed by atoms with van der Waals surface area (Å²) in [5, 5.41) is 10.0. The molecule has 0 unspecified atom stereocenters. The number of ether oxygens (including phenoxy) is 3. The van der Waals surface area contributed by atoms with Crippen LogP contribution < -0.4 is 14.4 Å². The number of aryl methyl sites for hydroxylation is 1. The van der Waals surface area contributed by atoms with E-state index in [4.69, 9.17) is 21.3 Å². The monoisotopic (exact) mass is 481 g/mol. The number of rotatable bonds is 3. The highest BCUT2D eigenvalue weighted by atomic mass is 35.5. The maximum absolute atomic E-state index is 13.5. The van der Waals surface area contributed by atoms with Gasteiger partial charge in [0.25, 0.3) is 0 Å². The zero-order valence-corrected chi connectivity index (χ0v) is 19.5. The van der Waals surface area contributed by atoms with Crippen LogP contribution in [0.4, 0.5) is 14.6 Å². The van der Waals surface area contributed by atoms with Crippen LogP contribution in [0.25, 0.3) is 11.3 Å². The molecule has 1 N–H and O–H groups in total. The lowest BCUT2D eigenvalue weighted by Gasteiger charge is -2.42. The predicted molar refractivity (Wildman–Crippen MR) is 118 cm³/mol. The topological polar surface area (TPSA) is 76.9 Å². The van der Waals surface area contributed by atoms with Crippen LogP contribution >= 0.6 is 11.6 Å². The minimum Gasteiger partial charge on any atom is -0.395 e. The van der Waals surface area contributed by atoms with Crippen LogP contribution in [0, 0.1) is 18.3 Å². The van der Waals surface area contributed by atoms with Crippen molar-refractivity contribution in [2.45, 2.75) is 52.6 Å². The number of hydrogen-bond acceptors (Lipinski definition) is 7. The van der Waals surface area contributed by atoms with Crippen molar-refractivity contribution >= 4 is 17.4 Å². The molecule has 2 saturated heterocycles. The number of halogens is 3. The Kier molecular flexibility index (Phi) is 5.42. The fourth-order valence-corrected chi connectivity index (χ4v) is 5.44. The van der Waals surface area contributed by atoms with Crippen LogP contribution in [0.2, 0.25) is 5.02 Å². The molecular formula is C23H26ClF2N3O4. The number of aliphatic hydroxyl groups is 1. The number of piperidine rings is 1. The second-order valence-electron chi connectivity index (χ2n) is 9.16. The van der Waals surface area contributed by atoms with Crippen molar-refractivity contribution in [1.29, 1.82) is 0 Å². The van der Waals surface area contributed by atoms with E-state index in [1.165, 1.54) is 12.1 Å². The summed E-state index contributed by atoms with van der Waals surface area (Å²) in [5.41, 5.74) is 1.94. The first-order valence-corrected chi connectivity index (χ1v) is 11.5.